The molecule has 3 rings (SSSR count). The maximum Gasteiger partial charge on any atom is 0.138 e. The summed E-state index contributed by atoms with van der Waals surface area (Å²) >= 11 is 0. The molecule has 2 heterocycles. The van der Waals surface area contributed by atoms with E-state index in [-0.39, 0.29) is 12.0 Å². The van der Waals surface area contributed by atoms with Crippen molar-refractivity contribution >= 4 is 0 Å². The van der Waals surface area contributed by atoms with Gasteiger partial charge in [0.1, 0.15) is 12.1 Å². The van der Waals surface area contributed by atoms with Crippen LogP contribution in [0.3, 0.4) is 0 Å². The van der Waals surface area contributed by atoms with Crippen LogP contribution in [0.1, 0.15) is 56.3 Å². The number of aliphatic hydroxyl groups is 1. The zero-order valence-corrected chi connectivity index (χ0v) is 13.1. The van der Waals surface area contributed by atoms with Crippen LogP contribution in [0, 0.1) is 0 Å². The third-order valence-electron chi connectivity index (χ3n) is 4.10. The van der Waals surface area contributed by atoms with Crippen molar-refractivity contribution in [2.45, 2.75) is 58.5 Å². The van der Waals surface area contributed by atoms with Gasteiger partial charge in [0.15, 0.2) is 0 Å². The Morgan fingerprint density at radius 2 is 1.95 bits per heavy atom. The second-order valence-corrected chi connectivity index (χ2v) is 6.84. The summed E-state index contributed by atoms with van der Waals surface area (Å²) in [4.78, 5) is 9.36. The van der Waals surface area contributed by atoms with Crippen molar-refractivity contribution in [1.29, 1.82) is 0 Å². The molecular formula is C17H23N3O. The monoisotopic (exact) mass is 285 g/mol. The Hall–Kier alpha value is -1.68. The number of aromatic nitrogens is 3. The van der Waals surface area contributed by atoms with Crippen LogP contribution in [-0.4, -0.2) is 19.6 Å². The van der Waals surface area contributed by atoms with Gasteiger partial charge in [0.25, 0.3) is 0 Å². The molecule has 0 radical (unpaired) electrons. The minimum Gasteiger partial charge on any atom is -0.392 e. The van der Waals surface area contributed by atoms with E-state index in [2.05, 4.69) is 30.3 Å². The molecule has 4 nitrogen and oxygen atoms in total. The Morgan fingerprint density at radius 3 is 2.67 bits per heavy atom. The quantitative estimate of drug-likeness (QED) is 0.923. The average Bonchev–Trinajstić information content (AvgIpc) is 2.89. The number of aryl methyl sites for hydroxylation is 1. The van der Waals surface area contributed by atoms with E-state index in [1.807, 2.05) is 18.5 Å². The Kier molecular flexibility index (Phi) is 3.57. The van der Waals surface area contributed by atoms with Gasteiger partial charge < -0.3 is 5.11 Å². The average molecular weight is 285 g/mol. The van der Waals surface area contributed by atoms with E-state index in [1.165, 1.54) is 24.2 Å². The van der Waals surface area contributed by atoms with Crippen LogP contribution in [0.15, 0.2) is 18.5 Å². The van der Waals surface area contributed by atoms with E-state index in [1.54, 1.807) is 0 Å². The van der Waals surface area contributed by atoms with Crippen molar-refractivity contribution in [1.82, 2.24) is 14.5 Å². The Bertz CT molecular complexity index is 653. The fourth-order valence-electron chi connectivity index (χ4n) is 2.84. The molecule has 0 fully saturated rings. The zero-order valence-electron chi connectivity index (χ0n) is 13.1. The van der Waals surface area contributed by atoms with Gasteiger partial charge >= 0.3 is 0 Å². The SMILES string of the molecule is CC(C)(C)c1cc(CO)cc(-n2cnc3c2CCCC3)n1. The first kappa shape index (κ1) is 14.3. The number of aliphatic hydroxyl groups excluding tert-OH is 1. The second-order valence-electron chi connectivity index (χ2n) is 6.84. The molecule has 4 heteroatoms. The molecule has 0 saturated carbocycles. The molecule has 1 aliphatic carbocycles. The topological polar surface area (TPSA) is 50.9 Å². The fourth-order valence-corrected chi connectivity index (χ4v) is 2.84. The predicted molar refractivity (Wildman–Crippen MR) is 82.6 cm³/mol. The summed E-state index contributed by atoms with van der Waals surface area (Å²) < 4.78 is 2.10. The summed E-state index contributed by atoms with van der Waals surface area (Å²) in [6, 6.07) is 3.96. The first-order chi connectivity index (χ1) is 9.99. The number of pyridine rings is 1. The summed E-state index contributed by atoms with van der Waals surface area (Å²) in [6.45, 7) is 6.46. The van der Waals surface area contributed by atoms with Gasteiger partial charge in [0.05, 0.1) is 12.3 Å². The van der Waals surface area contributed by atoms with Crippen LogP contribution in [0.5, 0.6) is 0 Å². The Morgan fingerprint density at radius 1 is 1.19 bits per heavy atom. The molecule has 1 N–H and O–H groups in total. The van der Waals surface area contributed by atoms with Gasteiger partial charge in [0.2, 0.25) is 0 Å². The summed E-state index contributed by atoms with van der Waals surface area (Å²) in [6.07, 6.45) is 6.44. The highest BCUT2D eigenvalue weighted by Gasteiger charge is 2.20. The summed E-state index contributed by atoms with van der Waals surface area (Å²) in [5.41, 5.74) is 4.35. The molecule has 0 saturated heterocycles. The number of nitrogens with zero attached hydrogens (tertiary/aromatic N) is 3. The molecule has 0 aliphatic heterocycles. The number of fused-ring (bicyclic) bond motifs is 1. The minimum absolute atomic E-state index is 0.0372. The van der Waals surface area contributed by atoms with Gasteiger partial charge in [-0.15, -0.1) is 0 Å². The predicted octanol–water partition coefficient (Wildman–Crippen LogP) is 2.94. The first-order valence-electron chi connectivity index (χ1n) is 7.67. The van der Waals surface area contributed by atoms with Gasteiger partial charge in [-0.2, -0.15) is 0 Å². The van der Waals surface area contributed by atoms with Gasteiger partial charge in [-0.1, -0.05) is 20.8 Å². The van der Waals surface area contributed by atoms with E-state index in [0.717, 1.165) is 29.9 Å². The maximum atomic E-state index is 9.54. The third-order valence-corrected chi connectivity index (χ3v) is 4.10. The van der Waals surface area contributed by atoms with Crippen LogP contribution < -0.4 is 0 Å². The van der Waals surface area contributed by atoms with E-state index >= 15 is 0 Å². The molecule has 2 aromatic heterocycles. The van der Waals surface area contributed by atoms with Crippen molar-refractivity contribution in [3.8, 4) is 5.82 Å². The molecule has 0 unspecified atom stereocenters. The molecule has 21 heavy (non-hydrogen) atoms. The lowest BCUT2D eigenvalue weighted by Gasteiger charge is -2.21. The largest absolute Gasteiger partial charge is 0.392 e. The molecule has 2 aromatic rings. The molecule has 0 amide bonds. The normalized spacial score (nSPS) is 15.0. The molecule has 112 valence electrons. The lowest BCUT2D eigenvalue weighted by Crippen LogP contribution is -2.16. The third kappa shape index (κ3) is 2.72. The molecule has 0 aromatic carbocycles. The lowest BCUT2D eigenvalue weighted by molar-refractivity contribution is 0.281. The molecule has 0 atom stereocenters. The smallest absolute Gasteiger partial charge is 0.138 e. The molecular weight excluding hydrogens is 262 g/mol. The molecule has 0 spiro atoms. The van der Waals surface area contributed by atoms with Crippen molar-refractivity contribution in [3.05, 3.63) is 41.1 Å². The second kappa shape index (κ2) is 5.26. The van der Waals surface area contributed by atoms with E-state index in [9.17, 15) is 5.11 Å². The van der Waals surface area contributed by atoms with E-state index in [0.29, 0.717) is 0 Å². The Labute approximate surface area is 125 Å². The number of rotatable bonds is 2. The van der Waals surface area contributed by atoms with E-state index in [4.69, 9.17) is 4.98 Å². The van der Waals surface area contributed by atoms with Gasteiger partial charge in [-0.3, -0.25) is 4.57 Å². The van der Waals surface area contributed by atoms with Gasteiger partial charge in [-0.05, 0) is 43.4 Å². The standard InChI is InChI=1S/C17H23N3O/c1-17(2,3)15-8-12(10-21)9-16(19-15)20-11-18-13-6-4-5-7-14(13)20/h8-9,11,21H,4-7,10H2,1-3H3. The van der Waals surface area contributed by atoms with Crippen molar-refractivity contribution in [2.24, 2.45) is 0 Å². The summed E-state index contributed by atoms with van der Waals surface area (Å²) in [7, 11) is 0. The molecule has 0 bridgehead atoms. The zero-order chi connectivity index (χ0) is 15.0. The van der Waals surface area contributed by atoms with Crippen LogP contribution in [-0.2, 0) is 24.9 Å². The summed E-state index contributed by atoms with van der Waals surface area (Å²) in [5, 5.41) is 9.54. The van der Waals surface area contributed by atoms with Crippen LogP contribution >= 0.6 is 0 Å². The van der Waals surface area contributed by atoms with Crippen LogP contribution in [0.4, 0.5) is 0 Å². The first-order valence-corrected chi connectivity index (χ1v) is 7.67. The number of hydrogen-bond donors (Lipinski definition) is 1. The van der Waals surface area contributed by atoms with Crippen molar-refractivity contribution < 1.29 is 5.11 Å². The van der Waals surface area contributed by atoms with Crippen molar-refractivity contribution in [3.63, 3.8) is 0 Å². The minimum atomic E-state index is -0.0411. The number of hydrogen-bond acceptors (Lipinski definition) is 3. The van der Waals surface area contributed by atoms with Crippen molar-refractivity contribution in [2.75, 3.05) is 0 Å². The maximum absolute atomic E-state index is 9.54. The van der Waals surface area contributed by atoms with Gasteiger partial charge in [-0.25, -0.2) is 9.97 Å². The fraction of sp³-hybridized carbons (Fsp3) is 0.529. The number of imidazole rings is 1. The lowest BCUT2D eigenvalue weighted by atomic mass is 9.91. The highest BCUT2D eigenvalue weighted by atomic mass is 16.3. The highest BCUT2D eigenvalue weighted by Crippen LogP contribution is 2.26. The van der Waals surface area contributed by atoms with E-state index < -0.39 is 0 Å². The Balaban J connectivity index is 2.12. The van der Waals surface area contributed by atoms with Crippen LogP contribution in [0.25, 0.3) is 5.82 Å². The summed E-state index contributed by atoms with van der Waals surface area (Å²) in [5.74, 6) is 0.877. The van der Waals surface area contributed by atoms with Gasteiger partial charge in [0, 0.05) is 16.8 Å². The van der Waals surface area contributed by atoms with Crippen LogP contribution in [0.2, 0.25) is 0 Å². The molecule has 1 aliphatic rings. The highest BCUT2D eigenvalue weighted by molar-refractivity contribution is 5.36.